The molecule has 0 radical (unpaired) electrons. The normalized spacial score (nSPS) is 20.7. The van der Waals surface area contributed by atoms with Gasteiger partial charge in [-0.25, -0.2) is 4.79 Å². The fourth-order valence-electron chi connectivity index (χ4n) is 2.96. The van der Waals surface area contributed by atoms with Gasteiger partial charge in [0, 0.05) is 31.1 Å². The molecule has 0 unspecified atom stereocenters. The maximum Gasteiger partial charge on any atom is 0.410 e. The summed E-state index contributed by atoms with van der Waals surface area (Å²) in [7, 11) is 0. The monoisotopic (exact) mass is 348 g/mol. The Balaban J connectivity index is 1.52. The van der Waals surface area contributed by atoms with E-state index >= 15 is 0 Å². The Labute approximate surface area is 147 Å². The predicted octanol–water partition coefficient (Wildman–Crippen LogP) is 2.78. The van der Waals surface area contributed by atoms with Crippen molar-refractivity contribution in [1.29, 1.82) is 0 Å². The number of amides is 2. The average Bonchev–Trinajstić information content (AvgIpc) is 2.96. The first kappa shape index (κ1) is 17.1. The number of rotatable bonds is 1. The van der Waals surface area contributed by atoms with Gasteiger partial charge >= 0.3 is 6.09 Å². The molecular weight excluding hydrogens is 324 g/mol. The second-order valence-electron chi connectivity index (χ2n) is 7.21. The maximum atomic E-state index is 12.7. The van der Waals surface area contributed by atoms with Crippen LogP contribution in [0.25, 0.3) is 0 Å². The number of hydrogen-bond donors (Lipinski definition) is 0. The predicted molar refractivity (Wildman–Crippen MR) is 94.2 cm³/mol. The van der Waals surface area contributed by atoms with Gasteiger partial charge in [0.1, 0.15) is 5.60 Å². The van der Waals surface area contributed by atoms with Gasteiger partial charge in [0.25, 0.3) is 0 Å². The van der Waals surface area contributed by atoms with Crippen molar-refractivity contribution in [2.45, 2.75) is 42.9 Å². The van der Waals surface area contributed by atoms with Gasteiger partial charge in [-0.2, -0.15) is 0 Å². The SMILES string of the molecule is CC(C)(C)OC(=O)N1CCN(C(=O)[C@@H]2Cc3ccccc3S2)CC1. The maximum absolute atomic E-state index is 12.7. The largest absolute Gasteiger partial charge is 0.444 e. The van der Waals surface area contributed by atoms with Crippen LogP contribution < -0.4 is 0 Å². The van der Waals surface area contributed by atoms with Crippen molar-refractivity contribution in [3.63, 3.8) is 0 Å². The van der Waals surface area contributed by atoms with Gasteiger partial charge in [0.05, 0.1) is 5.25 Å². The van der Waals surface area contributed by atoms with E-state index in [1.165, 1.54) is 10.5 Å². The summed E-state index contributed by atoms with van der Waals surface area (Å²) in [6.07, 6.45) is 0.503. The molecule has 0 spiro atoms. The van der Waals surface area contributed by atoms with Crippen molar-refractivity contribution in [2.24, 2.45) is 0 Å². The van der Waals surface area contributed by atoms with Crippen LogP contribution in [-0.4, -0.2) is 58.8 Å². The molecule has 1 aromatic carbocycles. The van der Waals surface area contributed by atoms with Gasteiger partial charge in [0.2, 0.25) is 5.91 Å². The number of thioether (sulfide) groups is 1. The van der Waals surface area contributed by atoms with E-state index in [-0.39, 0.29) is 17.3 Å². The topological polar surface area (TPSA) is 49.9 Å². The molecule has 3 rings (SSSR count). The number of ether oxygens (including phenoxy) is 1. The van der Waals surface area contributed by atoms with E-state index in [9.17, 15) is 9.59 Å². The molecule has 0 N–H and O–H groups in total. The van der Waals surface area contributed by atoms with Crippen LogP contribution in [-0.2, 0) is 16.0 Å². The number of fused-ring (bicyclic) bond motifs is 1. The molecule has 1 saturated heterocycles. The Kier molecular flexibility index (Phi) is 4.76. The Hall–Kier alpha value is -1.69. The van der Waals surface area contributed by atoms with Crippen LogP contribution in [0.5, 0.6) is 0 Å². The van der Waals surface area contributed by atoms with Crippen LogP contribution in [0.2, 0.25) is 0 Å². The van der Waals surface area contributed by atoms with Gasteiger partial charge < -0.3 is 14.5 Å². The summed E-state index contributed by atoms with van der Waals surface area (Å²) in [5.74, 6) is 0.181. The molecule has 2 aliphatic heterocycles. The van der Waals surface area contributed by atoms with E-state index < -0.39 is 5.60 Å². The van der Waals surface area contributed by atoms with E-state index in [0.29, 0.717) is 26.2 Å². The summed E-state index contributed by atoms with van der Waals surface area (Å²) < 4.78 is 5.39. The van der Waals surface area contributed by atoms with Crippen molar-refractivity contribution in [3.8, 4) is 0 Å². The first-order valence-electron chi connectivity index (χ1n) is 8.35. The number of hydrogen-bond acceptors (Lipinski definition) is 4. The van der Waals surface area contributed by atoms with Gasteiger partial charge in [0.15, 0.2) is 0 Å². The first-order chi connectivity index (χ1) is 11.3. The molecule has 130 valence electrons. The molecule has 2 aliphatic rings. The second-order valence-corrected chi connectivity index (χ2v) is 8.46. The minimum absolute atomic E-state index is 0.0320. The molecule has 2 heterocycles. The highest BCUT2D eigenvalue weighted by Crippen LogP contribution is 2.37. The summed E-state index contributed by atoms with van der Waals surface area (Å²) in [5, 5.41) is -0.0320. The number of carbonyl (C=O) groups excluding carboxylic acids is 2. The van der Waals surface area contributed by atoms with Crippen LogP contribution in [0, 0.1) is 0 Å². The lowest BCUT2D eigenvalue weighted by atomic mass is 10.1. The molecule has 2 amide bonds. The van der Waals surface area contributed by atoms with Crippen molar-refractivity contribution in [3.05, 3.63) is 29.8 Å². The highest BCUT2D eigenvalue weighted by molar-refractivity contribution is 8.01. The highest BCUT2D eigenvalue weighted by atomic mass is 32.2. The average molecular weight is 348 g/mol. The fraction of sp³-hybridized carbons (Fsp3) is 0.556. The lowest BCUT2D eigenvalue weighted by molar-refractivity contribution is -0.132. The van der Waals surface area contributed by atoms with Gasteiger partial charge in [-0.1, -0.05) is 18.2 Å². The standard InChI is InChI=1S/C18H24N2O3S/c1-18(2,3)23-17(22)20-10-8-19(9-11-20)16(21)15-12-13-6-4-5-7-14(13)24-15/h4-7,15H,8-12H2,1-3H3/t15-/m0/s1. The van der Waals surface area contributed by atoms with Crippen molar-refractivity contribution in [1.82, 2.24) is 9.80 Å². The molecule has 0 aliphatic carbocycles. The Morgan fingerprint density at radius 2 is 1.71 bits per heavy atom. The molecule has 0 aromatic heterocycles. The zero-order valence-electron chi connectivity index (χ0n) is 14.4. The van der Waals surface area contributed by atoms with Crippen molar-refractivity contribution >= 4 is 23.8 Å². The first-order valence-corrected chi connectivity index (χ1v) is 9.23. The summed E-state index contributed by atoms with van der Waals surface area (Å²) in [5.41, 5.74) is 0.768. The van der Waals surface area contributed by atoms with Crippen LogP contribution >= 0.6 is 11.8 Å². The molecule has 5 nitrogen and oxygen atoms in total. The van der Waals surface area contributed by atoms with Crippen LogP contribution in [0.4, 0.5) is 4.79 Å². The highest BCUT2D eigenvalue weighted by Gasteiger charge is 2.34. The fourth-order valence-corrected chi connectivity index (χ4v) is 4.24. The Morgan fingerprint density at radius 1 is 1.08 bits per heavy atom. The summed E-state index contributed by atoms with van der Waals surface area (Å²) >= 11 is 1.66. The van der Waals surface area contributed by atoms with E-state index in [0.717, 1.165) is 6.42 Å². The van der Waals surface area contributed by atoms with E-state index in [1.807, 2.05) is 37.8 Å². The van der Waals surface area contributed by atoms with Crippen LogP contribution in [0.15, 0.2) is 29.2 Å². The third-order valence-corrected chi connectivity index (χ3v) is 5.47. The van der Waals surface area contributed by atoms with Crippen LogP contribution in [0.3, 0.4) is 0 Å². The summed E-state index contributed by atoms with van der Waals surface area (Å²) in [6, 6.07) is 8.20. The van der Waals surface area contributed by atoms with Gasteiger partial charge in [-0.3, -0.25) is 4.79 Å². The van der Waals surface area contributed by atoms with E-state index in [1.54, 1.807) is 16.7 Å². The molecule has 24 heavy (non-hydrogen) atoms. The molecule has 1 aromatic rings. The lowest BCUT2D eigenvalue weighted by Gasteiger charge is -2.36. The smallest absolute Gasteiger partial charge is 0.410 e. The van der Waals surface area contributed by atoms with Crippen molar-refractivity contribution < 1.29 is 14.3 Å². The number of benzene rings is 1. The molecule has 0 bridgehead atoms. The lowest BCUT2D eigenvalue weighted by Crippen LogP contribution is -2.53. The third-order valence-electron chi connectivity index (χ3n) is 4.17. The number of nitrogens with zero attached hydrogens (tertiary/aromatic N) is 2. The van der Waals surface area contributed by atoms with Gasteiger partial charge in [-0.05, 0) is 38.8 Å². The van der Waals surface area contributed by atoms with E-state index in [2.05, 4.69) is 12.1 Å². The van der Waals surface area contributed by atoms with Crippen LogP contribution in [0.1, 0.15) is 26.3 Å². The molecule has 1 fully saturated rings. The van der Waals surface area contributed by atoms with Gasteiger partial charge in [-0.15, -0.1) is 11.8 Å². The zero-order chi connectivity index (χ0) is 17.3. The molecular formula is C18H24N2O3S. The zero-order valence-corrected chi connectivity index (χ0v) is 15.3. The quantitative estimate of drug-likeness (QED) is 0.783. The molecule has 6 heteroatoms. The number of piperazine rings is 1. The second kappa shape index (κ2) is 6.67. The Morgan fingerprint density at radius 3 is 2.33 bits per heavy atom. The number of carbonyl (C=O) groups is 2. The minimum atomic E-state index is -0.490. The summed E-state index contributed by atoms with van der Waals surface area (Å²) in [4.78, 5) is 29.6. The minimum Gasteiger partial charge on any atom is -0.444 e. The molecule has 1 atom stereocenters. The third kappa shape index (κ3) is 3.86. The molecule has 0 saturated carbocycles. The summed E-state index contributed by atoms with van der Waals surface area (Å²) in [6.45, 7) is 7.80. The Bertz CT molecular complexity index is 608. The van der Waals surface area contributed by atoms with Crippen molar-refractivity contribution in [2.75, 3.05) is 26.2 Å². The van der Waals surface area contributed by atoms with E-state index in [4.69, 9.17) is 4.74 Å².